The van der Waals surface area contributed by atoms with Gasteiger partial charge < -0.3 is 10.2 Å². The van der Waals surface area contributed by atoms with Crippen molar-refractivity contribution < 1.29 is 15.0 Å². The first-order valence-corrected chi connectivity index (χ1v) is 6.24. The first kappa shape index (κ1) is 14.1. The standard InChI is InChI=1S/C15H12ClNO3/c16-13-4-5-14(18)12(7-13)9-17-8-10-2-1-3-11(6-10)15(19)20/h1-7,9,18H,8H2,(H,19,20). The van der Waals surface area contributed by atoms with Gasteiger partial charge in [-0.25, -0.2) is 4.79 Å². The number of phenols is 1. The number of hydrogen-bond acceptors (Lipinski definition) is 3. The van der Waals surface area contributed by atoms with Crippen molar-refractivity contribution in [1.82, 2.24) is 0 Å². The van der Waals surface area contributed by atoms with Gasteiger partial charge in [0.05, 0.1) is 12.1 Å². The molecule has 0 atom stereocenters. The maximum atomic E-state index is 10.8. The molecule has 0 heterocycles. The maximum absolute atomic E-state index is 10.8. The molecule has 20 heavy (non-hydrogen) atoms. The van der Waals surface area contributed by atoms with Gasteiger partial charge in [-0.3, -0.25) is 4.99 Å². The van der Waals surface area contributed by atoms with Crippen LogP contribution in [0.25, 0.3) is 0 Å². The molecule has 2 rings (SSSR count). The number of rotatable bonds is 4. The van der Waals surface area contributed by atoms with Gasteiger partial charge in [0.25, 0.3) is 0 Å². The molecule has 0 fully saturated rings. The van der Waals surface area contributed by atoms with E-state index >= 15 is 0 Å². The lowest BCUT2D eigenvalue weighted by molar-refractivity contribution is 0.0696. The molecule has 0 amide bonds. The molecule has 5 heteroatoms. The van der Waals surface area contributed by atoms with Gasteiger partial charge in [-0.05, 0) is 35.9 Å². The zero-order valence-electron chi connectivity index (χ0n) is 10.5. The van der Waals surface area contributed by atoms with Crippen LogP contribution in [-0.2, 0) is 6.54 Å². The highest BCUT2D eigenvalue weighted by Gasteiger charge is 2.02. The van der Waals surface area contributed by atoms with E-state index in [4.69, 9.17) is 16.7 Å². The molecule has 0 aliphatic carbocycles. The number of halogens is 1. The van der Waals surface area contributed by atoms with Gasteiger partial charge in [0.1, 0.15) is 5.75 Å². The zero-order chi connectivity index (χ0) is 14.5. The fourth-order valence-corrected chi connectivity index (χ4v) is 1.86. The number of carbonyl (C=O) groups is 1. The minimum atomic E-state index is -0.969. The predicted octanol–water partition coefficient (Wildman–Crippen LogP) is 3.36. The monoisotopic (exact) mass is 289 g/mol. The molecule has 0 bridgehead atoms. The third-order valence-electron chi connectivity index (χ3n) is 2.67. The molecule has 0 saturated heterocycles. The predicted molar refractivity (Wildman–Crippen MR) is 77.8 cm³/mol. The second kappa shape index (κ2) is 6.21. The SMILES string of the molecule is O=C(O)c1cccc(CN=Cc2cc(Cl)ccc2O)c1. The Morgan fingerprint density at radius 2 is 2.05 bits per heavy atom. The lowest BCUT2D eigenvalue weighted by Crippen LogP contribution is -1.96. The number of benzene rings is 2. The fraction of sp³-hybridized carbons (Fsp3) is 0.0667. The summed E-state index contributed by atoms with van der Waals surface area (Å²) in [6.07, 6.45) is 1.51. The van der Waals surface area contributed by atoms with E-state index in [9.17, 15) is 9.90 Å². The maximum Gasteiger partial charge on any atom is 0.335 e. The van der Waals surface area contributed by atoms with E-state index in [-0.39, 0.29) is 11.3 Å². The van der Waals surface area contributed by atoms with Crippen LogP contribution < -0.4 is 0 Å². The van der Waals surface area contributed by atoms with Crippen molar-refractivity contribution in [1.29, 1.82) is 0 Å². The minimum Gasteiger partial charge on any atom is -0.507 e. The lowest BCUT2D eigenvalue weighted by atomic mass is 10.1. The van der Waals surface area contributed by atoms with Crippen LogP contribution >= 0.6 is 11.6 Å². The van der Waals surface area contributed by atoms with Crippen LogP contribution in [0, 0.1) is 0 Å². The number of phenolic OH excluding ortho intramolecular Hbond substituents is 1. The van der Waals surface area contributed by atoms with E-state index < -0.39 is 5.97 Å². The Morgan fingerprint density at radius 1 is 1.25 bits per heavy atom. The van der Waals surface area contributed by atoms with Gasteiger partial charge in [0.15, 0.2) is 0 Å². The van der Waals surface area contributed by atoms with E-state index in [1.807, 2.05) is 0 Å². The first-order chi connectivity index (χ1) is 9.56. The Balaban J connectivity index is 2.12. The zero-order valence-corrected chi connectivity index (χ0v) is 11.2. The Kier molecular flexibility index (Phi) is 4.38. The second-order valence-electron chi connectivity index (χ2n) is 4.18. The van der Waals surface area contributed by atoms with Gasteiger partial charge in [0.2, 0.25) is 0 Å². The van der Waals surface area contributed by atoms with Crippen LogP contribution in [0.5, 0.6) is 5.75 Å². The minimum absolute atomic E-state index is 0.0948. The third-order valence-corrected chi connectivity index (χ3v) is 2.90. The lowest BCUT2D eigenvalue weighted by Gasteiger charge is -2.00. The average molecular weight is 290 g/mol. The molecule has 0 unspecified atom stereocenters. The number of hydrogen-bond donors (Lipinski definition) is 2. The molecule has 2 N–H and O–H groups in total. The van der Waals surface area contributed by atoms with E-state index in [2.05, 4.69) is 4.99 Å². The van der Waals surface area contributed by atoms with Gasteiger partial charge in [-0.1, -0.05) is 23.7 Å². The van der Waals surface area contributed by atoms with Crippen molar-refractivity contribution in [2.45, 2.75) is 6.54 Å². The number of aliphatic imine (C=N–C) groups is 1. The van der Waals surface area contributed by atoms with Crippen molar-refractivity contribution >= 4 is 23.8 Å². The number of carboxylic acid groups (broad SMARTS) is 1. The van der Waals surface area contributed by atoms with Crippen LogP contribution in [0.15, 0.2) is 47.5 Å². The van der Waals surface area contributed by atoms with Crippen molar-refractivity contribution in [3.8, 4) is 5.75 Å². The highest BCUT2D eigenvalue weighted by atomic mass is 35.5. The van der Waals surface area contributed by atoms with E-state index in [0.717, 1.165) is 5.56 Å². The largest absolute Gasteiger partial charge is 0.507 e. The van der Waals surface area contributed by atoms with Gasteiger partial charge >= 0.3 is 5.97 Å². The molecule has 2 aromatic carbocycles. The molecular weight excluding hydrogens is 278 g/mol. The van der Waals surface area contributed by atoms with Crippen LogP contribution in [0.1, 0.15) is 21.5 Å². The fourth-order valence-electron chi connectivity index (χ4n) is 1.68. The Morgan fingerprint density at radius 3 is 2.80 bits per heavy atom. The van der Waals surface area contributed by atoms with Crippen molar-refractivity contribution in [3.63, 3.8) is 0 Å². The van der Waals surface area contributed by atoms with Gasteiger partial charge in [-0.2, -0.15) is 0 Å². The molecule has 102 valence electrons. The summed E-state index contributed by atoms with van der Waals surface area (Å²) in [7, 11) is 0. The summed E-state index contributed by atoms with van der Waals surface area (Å²) >= 11 is 5.83. The molecular formula is C15H12ClNO3. The topological polar surface area (TPSA) is 69.9 Å². The van der Waals surface area contributed by atoms with Crippen molar-refractivity contribution in [2.24, 2.45) is 4.99 Å². The average Bonchev–Trinajstić information content (AvgIpc) is 2.43. The van der Waals surface area contributed by atoms with E-state index in [1.165, 1.54) is 18.3 Å². The summed E-state index contributed by atoms with van der Waals surface area (Å²) in [5, 5.41) is 19.0. The molecule has 4 nitrogen and oxygen atoms in total. The normalized spacial score (nSPS) is 10.8. The molecule has 0 aliphatic heterocycles. The van der Waals surface area contributed by atoms with Crippen LogP contribution in [0.4, 0.5) is 0 Å². The smallest absolute Gasteiger partial charge is 0.335 e. The van der Waals surface area contributed by atoms with Gasteiger partial charge in [0, 0.05) is 16.8 Å². The summed E-state index contributed by atoms with van der Waals surface area (Å²) in [4.78, 5) is 15.0. The summed E-state index contributed by atoms with van der Waals surface area (Å²) in [5.41, 5.74) is 1.53. The number of nitrogens with zero attached hydrogens (tertiary/aromatic N) is 1. The number of aromatic carboxylic acids is 1. The molecule has 0 saturated carbocycles. The highest BCUT2D eigenvalue weighted by Crippen LogP contribution is 2.19. The Bertz CT molecular complexity index is 668. The molecule has 0 spiro atoms. The molecule has 0 radical (unpaired) electrons. The quantitative estimate of drug-likeness (QED) is 0.848. The van der Waals surface area contributed by atoms with Gasteiger partial charge in [-0.15, -0.1) is 0 Å². The number of aromatic hydroxyl groups is 1. The van der Waals surface area contributed by atoms with Crippen molar-refractivity contribution in [3.05, 3.63) is 64.2 Å². The Hall–Kier alpha value is -2.33. The first-order valence-electron chi connectivity index (χ1n) is 5.87. The highest BCUT2D eigenvalue weighted by molar-refractivity contribution is 6.30. The van der Waals surface area contributed by atoms with Crippen LogP contribution in [0.2, 0.25) is 5.02 Å². The Labute approximate surface area is 121 Å². The van der Waals surface area contributed by atoms with Crippen molar-refractivity contribution in [2.75, 3.05) is 0 Å². The summed E-state index contributed by atoms with van der Waals surface area (Å²) in [6, 6.07) is 11.2. The number of carboxylic acids is 1. The molecule has 0 aromatic heterocycles. The summed E-state index contributed by atoms with van der Waals surface area (Å²) < 4.78 is 0. The second-order valence-corrected chi connectivity index (χ2v) is 4.61. The van der Waals surface area contributed by atoms with E-state index in [0.29, 0.717) is 17.1 Å². The van der Waals surface area contributed by atoms with Crippen LogP contribution in [-0.4, -0.2) is 22.4 Å². The molecule has 2 aromatic rings. The summed E-state index contributed by atoms with van der Waals surface area (Å²) in [6.45, 7) is 0.326. The van der Waals surface area contributed by atoms with Crippen LogP contribution in [0.3, 0.4) is 0 Å². The third kappa shape index (κ3) is 3.59. The summed E-state index contributed by atoms with van der Waals surface area (Å²) in [5.74, 6) is -0.874. The molecule has 0 aliphatic rings. The van der Waals surface area contributed by atoms with E-state index in [1.54, 1.807) is 30.3 Å².